The fraction of sp³-hybridized carbons (Fsp3) is 0.867. The van der Waals surface area contributed by atoms with Crippen molar-refractivity contribution in [2.45, 2.75) is 84.5 Å². The van der Waals surface area contributed by atoms with Crippen molar-refractivity contribution in [2.24, 2.45) is 0 Å². The Morgan fingerprint density at radius 3 is 1.71 bits per heavy atom. The molecule has 0 aromatic heterocycles. The van der Waals surface area contributed by atoms with Crippen LogP contribution in [0.1, 0.15) is 84.5 Å². The summed E-state index contributed by atoms with van der Waals surface area (Å²) >= 11 is 0. The molecule has 0 spiro atoms. The molecule has 0 saturated carbocycles. The van der Waals surface area contributed by atoms with Crippen LogP contribution in [-0.2, 0) is 9.59 Å². The summed E-state index contributed by atoms with van der Waals surface area (Å²) in [5.41, 5.74) is 0. The lowest BCUT2D eigenvalue weighted by atomic mass is 10.0. The van der Waals surface area contributed by atoms with Gasteiger partial charge in [0, 0.05) is 6.42 Å². The lowest BCUT2D eigenvalue weighted by molar-refractivity contribution is -0.125. The molecule has 0 amide bonds. The van der Waals surface area contributed by atoms with Gasteiger partial charge in [0.05, 0.1) is 6.42 Å². The van der Waals surface area contributed by atoms with E-state index in [-0.39, 0.29) is 18.0 Å². The van der Waals surface area contributed by atoms with Crippen LogP contribution in [0, 0.1) is 0 Å². The Kier molecular flexibility index (Phi) is 11.4. The van der Waals surface area contributed by atoms with Gasteiger partial charge in [-0.1, -0.05) is 58.3 Å². The summed E-state index contributed by atoms with van der Waals surface area (Å²) < 4.78 is 0. The van der Waals surface area contributed by atoms with Gasteiger partial charge in [-0.2, -0.15) is 0 Å². The van der Waals surface area contributed by atoms with E-state index in [2.05, 4.69) is 6.92 Å². The third kappa shape index (κ3) is 13.3. The fourth-order valence-corrected chi connectivity index (χ4v) is 2.00. The molecule has 0 unspecified atom stereocenters. The van der Waals surface area contributed by atoms with Crippen molar-refractivity contribution in [3.05, 3.63) is 0 Å². The number of unbranched alkanes of at least 4 members (excludes halogenated alkanes) is 8. The molecular formula is C15H28O2. The summed E-state index contributed by atoms with van der Waals surface area (Å²) in [6.45, 7) is 3.71. The van der Waals surface area contributed by atoms with Gasteiger partial charge in [-0.05, 0) is 13.3 Å². The molecule has 0 saturated heterocycles. The second-order valence-corrected chi connectivity index (χ2v) is 5.00. The average Bonchev–Trinajstić information content (AvgIpc) is 2.26. The molecule has 0 heterocycles. The van der Waals surface area contributed by atoms with E-state index in [1.165, 1.54) is 51.9 Å². The standard InChI is InChI=1S/C15H28O2/c1-3-4-5-6-7-8-9-10-11-12-15(17)13-14(2)16/h3-13H2,1-2H3. The normalized spacial score (nSPS) is 10.5. The van der Waals surface area contributed by atoms with Crippen LogP contribution in [0.3, 0.4) is 0 Å². The predicted octanol–water partition coefficient (Wildman–Crippen LogP) is 4.46. The molecule has 0 aliphatic carbocycles. The molecule has 0 aromatic carbocycles. The molecule has 17 heavy (non-hydrogen) atoms. The number of ketones is 2. The summed E-state index contributed by atoms with van der Waals surface area (Å²) in [5, 5.41) is 0. The topological polar surface area (TPSA) is 34.1 Å². The molecular weight excluding hydrogens is 212 g/mol. The molecule has 0 rings (SSSR count). The minimum atomic E-state index is -0.00840. The highest BCUT2D eigenvalue weighted by Gasteiger charge is 2.04. The summed E-state index contributed by atoms with van der Waals surface area (Å²) in [7, 11) is 0. The van der Waals surface area contributed by atoms with Crippen molar-refractivity contribution in [3.8, 4) is 0 Å². The zero-order valence-electron chi connectivity index (χ0n) is 11.6. The molecule has 100 valence electrons. The van der Waals surface area contributed by atoms with E-state index in [4.69, 9.17) is 0 Å². The molecule has 0 radical (unpaired) electrons. The highest BCUT2D eigenvalue weighted by atomic mass is 16.1. The Hall–Kier alpha value is -0.660. The minimum absolute atomic E-state index is 0.00840. The quantitative estimate of drug-likeness (QED) is 0.373. The van der Waals surface area contributed by atoms with Crippen LogP contribution >= 0.6 is 0 Å². The van der Waals surface area contributed by atoms with Gasteiger partial charge in [0.25, 0.3) is 0 Å². The van der Waals surface area contributed by atoms with E-state index in [0.717, 1.165) is 12.8 Å². The lowest BCUT2D eigenvalue weighted by Gasteiger charge is -2.01. The van der Waals surface area contributed by atoms with E-state index in [1.54, 1.807) is 0 Å². The first kappa shape index (κ1) is 16.3. The van der Waals surface area contributed by atoms with Gasteiger partial charge in [-0.25, -0.2) is 0 Å². The zero-order valence-corrected chi connectivity index (χ0v) is 11.6. The van der Waals surface area contributed by atoms with Gasteiger partial charge >= 0.3 is 0 Å². The Labute approximate surface area is 106 Å². The smallest absolute Gasteiger partial charge is 0.140 e. The molecule has 0 N–H and O–H groups in total. The SMILES string of the molecule is CCCCCCCCCCCC(=O)CC(C)=O. The summed E-state index contributed by atoms with van der Waals surface area (Å²) in [4.78, 5) is 21.9. The second-order valence-electron chi connectivity index (χ2n) is 5.00. The molecule has 2 nitrogen and oxygen atoms in total. The van der Waals surface area contributed by atoms with E-state index in [9.17, 15) is 9.59 Å². The van der Waals surface area contributed by atoms with Crippen molar-refractivity contribution in [2.75, 3.05) is 0 Å². The first-order chi connectivity index (χ1) is 8.16. The van der Waals surface area contributed by atoms with Gasteiger partial charge in [-0.15, -0.1) is 0 Å². The molecule has 0 bridgehead atoms. The van der Waals surface area contributed by atoms with Gasteiger partial charge in [0.2, 0.25) is 0 Å². The first-order valence-electron chi connectivity index (χ1n) is 7.18. The van der Waals surface area contributed by atoms with E-state index in [0.29, 0.717) is 6.42 Å². The molecule has 0 aromatic rings. The Bertz CT molecular complexity index is 209. The van der Waals surface area contributed by atoms with Crippen LogP contribution in [0.2, 0.25) is 0 Å². The van der Waals surface area contributed by atoms with Crippen LogP contribution in [-0.4, -0.2) is 11.6 Å². The second kappa shape index (κ2) is 11.8. The molecule has 0 aliphatic rings. The zero-order chi connectivity index (χ0) is 12.9. The number of carbonyl (C=O) groups excluding carboxylic acids is 2. The Morgan fingerprint density at radius 2 is 1.24 bits per heavy atom. The third-order valence-electron chi connectivity index (χ3n) is 3.01. The van der Waals surface area contributed by atoms with Gasteiger partial charge in [0.15, 0.2) is 0 Å². The van der Waals surface area contributed by atoms with Crippen LogP contribution < -0.4 is 0 Å². The van der Waals surface area contributed by atoms with Crippen LogP contribution in [0.15, 0.2) is 0 Å². The van der Waals surface area contributed by atoms with Gasteiger partial charge in [-0.3, -0.25) is 9.59 Å². The number of rotatable bonds is 12. The maximum absolute atomic E-state index is 11.2. The highest BCUT2D eigenvalue weighted by molar-refractivity contribution is 5.97. The maximum Gasteiger partial charge on any atom is 0.140 e. The molecule has 0 aliphatic heterocycles. The largest absolute Gasteiger partial charge is 0.300 e. The number of Topliss-reactive ketones (excluding diaryl/α,β-unsaturated/α-hetero) is 2. The summed E-state index contributed by atoms with van der Waals surface area (Å²) in [6, 6.07) is 0. The molecule has 0 fully saturated rings. The van der Waals surface area contributed by atoms with E-state index in [1.807, 2.05) is 0 Å². The van der Waals surface area contributed by atoms with Crippen molar-refractivity contribution >= 4 is 11.6 Å². The summed E-state index contributed by atoms with van der Waals surface area (Å²) in [6.07, 6.45) is 12.1. The molecule has 2 heteroatoms. The maximum atomic E-state index is 11.2. The fourth-order valence-electron chi connectivity index (χ4n) is 2.00. The monoisotopic (exact) mass is 240 g/mol. The number of carbonyl (C=O) groups is 2. The average molecular weight is 240 g/mol. The van der Waals surface area contributed by atoms with E-state index >= 15 is 0 Å². The Morgan fingerprint density at radius 1 is 0.765 bits per heavy atom. The number of hydrogen-bond acceptors (Lipinski definition) is 2. The van der Waals surface area contributed by atoms with Crippen molar-refractivity contribution in [3.63, 3.8) is 0 Å². The van der Waals surface area contributed by atoms with E-state index < -0.39 is 0 Å². The minimum Gasteiger partial charge on any atom is -0.300 e. The summed E-state index contributed by atoms with van der Waals surface area (Å²) in [5.74, 6) is 0.103. The van der Waals surface area contributed by atoms with Crippen LogP contribution in [0.4, 0.5) is 0 Å². The van der Waals surface area contributed by atoms with Crippen molar-refractivity contribution < 1.29 is 9.59 Å². The Balaban J connectivity index is 3.13. The van der Waals surface area contributed by atoms with Crippen molar-refractivity contribution in [1.82, 2.24) is 0 Å². The van der Waals surface area contributed by atoms with Gasteiger partial charge < -0.3 is 0 Å². The van der Waals surface area contributed by atoms with Crippen LogP contribution in [0.25, 0.3) is 0 Å². The predicted molar refractivity (Wildman–Crippen MR) is 72.1 cm³/mol. The van der Waals surface area contributed by atoms with Gasteiger partial charge in [0.1, 0.15) is 11.6 Å². The first-order valence-corrected chi connectivity index (χ1v) is 7.18. The molecule has 0 atom stereocenters. The van der Waals surface area contributed by atoms with Crippen LogP contribution in [0.5, 0.6) is 0 Å². The third-order valence-corrected chi connectivity index (χ3v) is 3.01. The highest BCUT2D eigenvalue weighted by Crippen LogP contribution is 2.10. The number of hydrogen-bond donors (Lipinski definition) is 0. The van der Waals surface area contributed by atoms with Crippen molar-refractivity contribution in [1.29, 1.82) is 0 Å². The lowest BCUT2D eigenvalue weighted by Crippen LogP contribution is -2.03.